The number of hydrogen-bond acceptors (Lipinski definition) is 2. The zero-order valence-corrected chi connectivity index (χ0v) is 17.8. The van der Waals surface area contributed by atoms with Crippen molar-refractivity contribution in [3.05, 3.63) is 53.4 Å². The number of benzene rings is 1. The first kappa shape index (κ1) is 20.3. The standard InChI is InChI=1S/C24H30N4O2/c1-17-15-19(18(2)28(17)21-8-4-3-5-9-21)11-12-23(29)26-20-7-6-10-22(16-20)27-14-13-25-24(27)30/h6-7,10-12,15-16,21H,3-5,8-9,13-14H2,1-2H3,(H,25,30)(H,26,29). The fourth-order valence-electron chi connectivity index (χ4n) is 4.69. The Kier molecular flexibility index (Phi) is 5.93. The van der Waals surface area contributed by atoms with Crippen molar-refractivity contribution in [1.29, 1.82) is 0 Å². The molecule has 1 saturated carbocycles. The number of rotatable bonds is 5. The Hall–Kier alpha value is -3.02. The molecule has 1 aromatic carbocycles. The van der Waals surface area contributed by atoms with Crippen molar-refractivity contribution in [3.63, 3.8) is 0 Å². The summed E-state index contributed by atoms with van der Waals surface area (Å²) < 4.78 is 2.45. The van der Waals surface area contributed by atoms with E-state index in [1.54, 1.807) is 11.0 Å². The van der Waals surface area contributed by atoms with Crippen molar-refractivity contribution >= 4 is 29.4 Å². The summed E-state index contributed by atoms with van der Waals surface area (Å²) in [6.07, 6.45) is 9.90. The lowest BCUT2D eigenvalue weighted by molar-refractivity contribution is -0.111. The SMILES string of the molecule is Cc1cc(C=CC(=O)Nc2cccc(N3CCNC3=O)c2)c(C)n1C1CCCCC1. The first-order chi connectivity index (χ1) is 14.5. The van der Waals surface area contributed by atoms with Gasteiger partial charge in [-0.05, 0) is 62.6 Å². The molecule has 0 unspecified atom stereocenters. The highest BCUT2D eigenvalue weighted by molar-refractivity contribution is 6.02. The average Bonchev–Trinajstić information content (AvgIpc) is 3.29. The van der Waals surface area contributed by atoms with Crippen LogP contribution in [0, 0.1) is 13.8 Å². The van der Waals surface area contributed by atoms with Crippen molar-refractivity contribution in [1.82, 2.24) is 9.88 Å². The van der Waals surface area contributed by atoms with Gasteiger partial charge in [-0.1, -0.05) is 25.3 Å². The van der Waals surface area contributed by atoms with Gasteiger partial charge in [0.15, 0.2) is 0 Å². The molecule has 158 valence electrons. The summed E-state index contributed by atoms with van der Waals surface area (Å²) in [5.74, 6) is -0.180. The van der Waals surface area contributed by atoms with Crippen LogP contribution in [0.1, 0.15) is 55.1 Å². The summed E-state index contributed by atoms with van der Waals surface area (Å²) in [6, 6.07) is 10.0. The van der Waals surface area contributed by atoms with E-state index in [1.165, 1.54) is 43.5 Å². The number of anilines is 2. The first-order valence-electron chi connectivity index (χ1n) is 10.9. The molecule has 6 nitrogen and oxygen atoms in total. The molecule has 0 bridgehead atoms. The second-order valence-corrected chi connectivity index (χ2v) is 8.24. The number of aromatic nitrogens is 1. The molecular formula is C24H30N4O2. The van der Waals surface area contributed by atoms with Crippen LogP contribution in [0.5, 0.6) is 0 Å². The highest BCUT2D eigenvalue weighted by Crippen LogP contribution is 2.32. The molecule has 0 radical (unpaired) electrons. The Balaban J connectivity index is 1.44. The Morgan fingerprint density at radius 1 is 1.17 bits per heavy atom. The Morgan fingerprint density at radius 2 is 1.97 bits per heavy atom. The normalized spacial score (nSPS) is 17.5. The minimum atomic E-state index is -0.180. The van der Waals surface area contributed by atoms with Gasteiger partial charge in [0.2, 0.25) is 5.91 Å². The molecule has 1 saturated heterocycles. The fraction of sp³-hybridized carbons (Fsp3) is 0.417. The van der Waals surface area contributed by atoms with Crippen LogP contribution in [-0.2, 0) is 4.79 Å². The molecular weight excluding hydrogens is 376 g/mol. The van der Waals surface area contributed by atoms with E-state index in [9.17, 15) is 9.59 Å². The van der Waals surface area contributed by atoms with E-state index in [0.29, 0.717) is 24.8 Å². The second-order valence-electron chi connectivity index (χ2n) is 8.24. The number of urea groups is 1. The minimum absolute atomic E-state index is 0.105. The van der Waals surface area contributed by atoms with Gasteiger partial charge in [-0.15, -0.1) is 0 Å². The Morgan fingerprint density at radius 3 is 2.70 bits per heavy atom. The molecule has 0 spiro atoms. The molecule has 2 fully saturated rings. The van der Waals surface area contributed by atoms with E-state index in [1.807, 2.05) is 30.3 Å². The van der Waals surface area contributed by atoms with Crippen LogP contribution in [0.15, 0.2) is 36.4 Å². The summed E-state index contributed by atoms with van der Waals surface area (Å²) in [5.41, 5.74) is 5.04. The summed E-state index contributed by atoms with van der Waals surface area (Å²) in [5, 5.41) is 5.69. The lowest BCUT2D eigenvalue weighted by atomic mass is 9.95. The lowest BCUT2D eigenvalue weighted by Gasteiger charge is -2.26. The predicted molar refractivity (Wildman–Crippen MR) is 121 cm³/mol. The molecule has 6 heteroatoms. The highest BCUT2D eigenvalue weighted by Gasteiger charge is 2.21. The van der Waals surface area contributed by atoms with E-state index >= 15 is 0 Å². The minimum Gasteiger partial charge on any atom is -0.346 e. The van der Waals surface area contributed by atoms with Crippen molar-refractivity contribution in [2.24, 2.45) is 0 Å². The molecule has 30 heavy (non-hydrogen) atoms. The van der Waals surface area contributed by atoms with Gasteiger partial charge in [0, 0.05) is 48.0 Å². The van der Waals surface area contributed by atoms with Crippen LogP contribution in [-0.4, -0.2) is 29.6 Å². The molecule has 3 amide bonds. The van der Waals surface area contributed by atoms with Gasteiger partial charge in [0.1, 0.15) is 0 Å². The smallest absolute Gasteiger partial charge is 0.321 e. The number of amides is 3. The Labute approximate surface area is 177 Å². The zero-order valence-electron chi connectivity index (χ0n) is 17.8. The summed E-state index contributed by atoms with van der Waals surface area (Å²) in [6.45, 7) is 5.56. The number of aryl methyl sites for hydroxylation is 1. The maximum Gasteiger partial charge on any atom is 0.321 e. The predicted octanol–water partition coefficient (Wildman–Crippen LogP) is 4.79. The van der Waals surface area contributed by atoms with Gasteiger partial charge in [-0.25, -0.2) is 4.79 Å². The molecule has 4 rings (SSSR count). The Bertz CT molecular complexity index is 970. The lowest BCUT2D eigenvalue weighted by Crippen LogP contribution is -2.27. The number of carbonyl (C=O) groups excluding carboxylic acids is 2. The van der Waals surface area contributed by atoms with Gasteiger partial charge in [0.25, 0.3) is 0 Å². The van der Waals surface area contributed by atoms with Crippen LogP contribution in [0.2, 0.25) is 0 Å². The third kappa shape index (κ3) is 4.27. The van der Waals surface area contributed by atoms with Crippen molar-refractivity contribution in [3.8, 4) is 0 Å². The van der Waals surface area contributed by atoms with Crippen LogP contribution in [0.4, 0.5) is 16.2 Å². The zero-order chi connectivity index (χ0) is 21.1. The second kappa shape index (κ2) is 8.78. The molecule has 1 aromatic heterocycles. The van der Waals surface area contributed by atoms with Crippen LogP contribution < -0.4 is 15.5 Å². The number of hydrogen-bond donors (Lipinski definition) is 2. The van der Waals surface area contributed by atoms with Crippen molar-refractivity contribution < 1.29 is 9.59 Å². The monoisotopic (exact) mass is 406 g/mol. The molecule has 2 N–H and O–H groups in total. The maximum atomic E-state index is 12.5. The quantitative estimate of drug-likeness (QED) is 0.701. The van der Waals surface area contributed by atoms with Gasteiger partial charge in [0.05, 0.1) is 0 Å². The molecule has 0 atom stereocenters. The van der Waals surface area contributed by atoms with Crippen LogP contribution in [0.3, 0.4) is 0 Å². The van der Waals surface area contributed by atoms with E-state index in [-0.39, 0.29) is 11.9 Å². The van der Waals surface area contributed by atoms with Crippen LogP contribution >= 0.6 is 0 Å². The fourth-order valence-corrected chi connectivity index (χ4v) is 4.69. The van der Waals surface area contributed by atoms with Gasteiger partial charge < -0.3 is 15.2 Å². The van der Waals surface area contributed by atoms with Crippen LogP contribution in [0.25, 0.3) is 6.08 Å². The van der Waals surface area contributed by atoms with Gasteiger partial charge in [-0.2, -0.15) is 0 Å². The summed E-state index contributed by atoms with van der Waals surface area (Å²) >= 11 is 0. The number of nitrogens with one attached hydrogen (secondary N) is 2. The molecule has 1 aliphatic heterocycles. The molecule has 2 aromatic rings. The first-order valence-corrected chi connectivity index (χ1v) is 10.9. The molecule has 2 heterocycles. The number of nitrogens with zero attached hydrogens (tertiary/aromatic N) is 2. The van der Waals surface area contributed by atoms with Crippen molar-refractivity contribution in [2.45, 2.75) is 52.0 Å². The average molecular weight is 407 g/mol. The molecule has 1 aliphatic carbocycles. The highest BCUT2D eigenvalue weighted by atomic mass is 16.2. The van der Waals surface area contributed by atoms with E-state index < -0.39 is 0 Å². The third-order valence-corrected chi connectivity index (χ3v) is 6.16. The largest absolute Gasteiger partial charge is 0.346 e. The topological polar surface area (TPSA) is 66.4 Å². The van der Waals surface area contributed by atoms with E-state index in [4.69, 9.17) is 0 Å². The van der Waals surface area contributed by atoms with Gasteiger partial charge in [-0.3, -0.25) is 9.69 Å². The van der Waals surface area contributed by atoms with E-state index in [2.05, 4.69) is 35.1 Å². The number of carbonyl (C=O) groups is 2. The van der Waals surface area contributed by atoms with E-state index in [0.717, 1.165) is 11.3 Å². The molecule has 2 aliphatic rings. The van der Waals surface area contributed by atoms with Crippen molar-refractivity contribution in [2.75, 3.05) is 23.3 Å². The third-order valence-electron chi connectivity index (χ3n) is 6.16. The summed E-state index contributed by atoms with van der Waals surface area (Å²) in [4.78, 5) is 26.0. The summed E-state index contributed by atoms with van der Waals surface area (Å²) in [7, 11) is 0. The van der Waals surface area contributed by atoms with Gasteiger partial charge >= 0.3 is 6.03 Å². The maximum absolute atomic E-state index is 12.5.